The lowest BCUT2D eigenvalue weighted by Crippen LogP contribution is -2.23. The highest BCUT2D eigenvalue weighted by atomic mass is 32.2. The van der Waals surface area contributed by atoms with Gasteiger partial charge in [0.05, 0.1) is 18.0 Å². The summed E-state index contributed by atoms with van der Waals surface area (Å²) in [5, 5.41) is 14.9. The molecule has 0 aliphatic carbocycles. The van der Waals surface area contributed by atoms with Crippen LogP contribution in [-0.4, -0.2) is 38.5 Å². The fourth-order valence-electron chi connectivity index (χ4n) is 2.30. The summed E-state index contributed by atoms with van der Waals surface area (Å²) < 4.78 is 6.76. The van der Waals surface area contributed by atoms with Crippen LogP contribution in [0.4, 0.5) is 5.69 Å². The second-order valence-electron chi connectivity index (χ2n) is 5.64. The van der Waals surface area contributed by atoms with Crippen molar-refractivity contribution in [3.05, 3.63) is 54.1 Å². The first-order valence-electron chi connectivity index (χ1n) is 8.04. The Bertz CT molecular complexity index is 895. The summed E-state index contributed by atoms with van der Waals surface area (Å²) in [4.78, 5) is 12.5. The van der Waals surface area contributed by atoms with E-state index in [1.165, 1.54) is 11.8 Å². The predicted molar refractivity (Wildman–Crippen MR) is 101 cm³/mol. The Kier molecular flexibility index (Phi) is 5.52. The van der Waals surface area contributed by atoms with Crippen molar-refractivity contribution in [2.24, 2.45) is 0 Å². The summed E-state index contributed by atoms with van der Waals surface area (Å²) in [6, 6.07) is 15.1. The molecule has 0 bridgehead atoms. The monoisotopic (exact) mass is 369 g/mol. The molecule has 0 fully saturated rings. The molecule has 1 heterocycles. The van der Waals surface area contributed by atoms with Gasteiger partial charge >= 0.3 is 0 Å². The summed E-state index contributed by atoms with van der Waals surface area (Å²) in [6.45, 7) is 3.78. The van der Waals surface area contributed by atoms with E-state index >= 15 is 0 Å². The molecule has 0 radical (unpaired) electrons. The Morgan fingerprint density at radius 2 is 1.92 bits per heavy atom. The number of nitrogens with zero attached hydrogens (tertiary/aromatic N) is 4. The molecule has 0 spiro atoms. The van der Waals surface area contributed by atoms with E-state index in [0.717, 1.165) is 22.7 Å². The van der Waals surface area contributed by atoms with E-state index in [-0.39, 0.29) is 11.2 Å². The van der Waals surface area contributed by atoms with Crippen molar-refractivity contribution in [3.63, 3.8) is 0 Å². The molecule has 0 aliphatic rings. The van der Waals surface area contributed by atoms with Gasteiger partial charge in [0.2, 0.25) is 11.1 Å². The lowest BCUT2D eigenvalue weighted by atomic mass is 10.2. The number of benzene rings is 2. The van der Waals surface area contributed by atoms with E-state index < -0.39 is 0 Å². The minimum absolute atomic E-state index is 0.103. The fourth-order valence-corrected chi connectivity index (χ4v) is 3.10. The maximum Gasteiger partial charge on any atom is 0.237 e. The van der Waals surface area contributed by atoms with Gasteiger partial charge in [-0.15, -0.1) is 5.10 Å². The molecule has 1 amide bonds. The number of thioether (sulfide) groups is 1. The van der Waals surface area contributed by atoms with Crippen LogP contribution in [0, 0.1) is 6.92 Å². The number of tetrazole rings is 1. The number of aryl methyl sites for hydroxylation is 1. The molecule has 0 aliphatic heterocycles. The number of para-hydroxylation sites is 1. The number of hydrogen-bond donors (Lipinski definition) is 1. The van der Waals surface area contributed by atoms with Crippen LogP contribution in [0.5, 0.6) is 5.75 Å². The summed E-state index contributed by atoms with van der Waals surface area (Å²) >= 11 is 1.30. The largest absolute Gasteiger partial charge is 0.497 e. The van der Waals surface area contributed by atoms with Gasteiger partial charge in [0, 0.05) is 5.69 Å². The molecule has 0 saturated carbocycles. The Morgan fingerprint density at radius 3 is 2.62 bits per heavy atom. The van der Waals surface area contributed by atoms with E-state index in [0.29, 0.717) is 5.16 Å². The second kappa shape index (κ2) is 8.01. The molecule has 8 heteroatoms. The number of amides is 1. The highest BCUT2D eigenvalue weighted by Gasteiger charge is 2.19. The average Bonchev–Trinajstić information content (AvgIpc) is 3.11. The quantitative estimate of drug-likeness (QED) is 0.673. The van der Waals surface area contributed by atoms with Gasteiger partial charge in [-0.25, -0.2) is 0 Å². The molecule has 134 valence electrons. The van der Waals surface area contributed by atoms with Crippen LogP contribution in [-0.2, 0) is 4.79 Å². The smallest absolute Gasteiger partial charge is 0.237 e. The molecular weight excluding hydrogens is 350 g/mol. The van der Waals surface area contributed by atoms with Gasteiger partial charge in [-0.1, -0.05) is 30.0 Å². The highest BCUT2D eigenvalue weighted by molar-refractivity contribution is 8.00. The van der Waals surface area contributed by atoms with E-state index in [1.807, 2.05) is 62.4 Å². The number of ether oxygens (including phenoxy) is 1. The Balaban J connectivity index is 1.72. The third-order valence-electron chi connectivity index (χ3n) is 3.81. The maximum atomic E-state index is 12.5. The minimum atomic E-state index is -0.363. The summed E-state index contributed by atoms with van der Waals surface area (Å²) in [7, 11) is 1.61. The van der Waals surface area contributed by atoms with Crippen LogP contribution >= 0.6 is 11.8 Å². The number of carbonyl (C=O) groups is 1. The molecule has 0 saturated heterocycles. The number of rotatable bonds is 6. The van der Waals surface area contributed by atoms with E-state index in [4.69, 9.17) is 4.74 Å². The average molecular weight is 369 g/mol. The predicted octanol–water partition coefficient (Wildman–Crippen LogP) is 3.10. The number of nitrogens with one attached hydrogen (secondary N) is 1. The standard InChI is InChI=1S/C18H19N5O2S/c1-12-6-4-5-7-16(12)19-17(24)13(2)26-18-20-21-22-23(18)14-8-10-15(25-3)11-9-14/h4-11,13H,1-3H3,(H,19,24)/t13-/m0/s1. The van der Waals surface area contributed by atoms with Crippen molar-refractivity contribution in [1.29, 1.82) is 0 Å². The van der Waals surface area contributed by atoms with E-state index in [1.54, 1.807) is 11.8 Å². The fraction of sp³-hybridized carbons (Fsp3) is 0.222. The van der Waals surface area contributed by atoms with Crippen LogP contribution in [0.3, 0.4) is 0 Å². The van der Waals surface area contributed by atoms with Gasteiger partial charge in [-0.05, 0) is 60.2 Å². The van der Waals surface area contributed by atoms with Crippen LogP contribution in [0.1, 0.15) is 12.5 Å². The van der Waals surface area contributed by atoms with Crippen LogP contribution in [0.25, 0.3) is 5.69 Å². The molecule has 26 heavy (non-hydrogen) atoms. The van der Waals surface area contributed by atoms with E-state index in [2.05, 4.69) is 20.8 Å². The number of anilines is 1. The van der Waals surface area contributed by atoms with Gasteiger partial charge in [0.15, 0.2) is 0 Å². The zero-order valence-electron chi connectivity index (χ0n) is 14.7. The molecule has 2 aromatic carbocycles. The van der Waals surface area contributed by atoms with Gasteiger partial charge in [-0.2, -0.15) is 4.68 Å². The molecule has 1 aromatic heterocycles. The zero-order chi connectivity index (χ0) is 18.5. The van der Waals surface area contributed by atoms with Crippen molar-refractivity contribution in [1.82, 2.24) is 20.2 Å². The van der Waals surface area contributed by atoms with Crippen LogP contribution in [0.2, 0.25) is 0 Å². The van der Waals surface area contributed by atoms with E-state index in [9.17, 15) is 4.79 Å². The van der Waals surface area contributed by atoms with Gasteiger partial charge in [0.1, 0.15) is 5.75 Å². The van der Waals surface area contributed by atoms with Crippen molar-refractivity contribution >= 4 is 23.4 Å². The molecule has 0 unspecified atom stereocenters. The Morgan fingerprint density at radius 1 is 1.19 bits per heavy atom. The third kappa shape index (κ3) is 4.02. The number of carbonyl (C=O) groups excluding carboxylic acids is 1. The van der Waals surface area contributed by atoms with Crippen molar-refractivity contribution in [2.45, 2.75) is 24.3 Å². The van der Waals surface area contributed by atoms with Gasteiger partial charge in [0.25, 0.3) is 0 Å². The summed E-state index contributed by atoms with van der Waals surface area (Å²) in [6.07, 6.45) is 0. The number of aromatic nitrogens is 4. The molecule has 3 aromatic rings. The Hall–Kier alpha value is -2.87. The maximum absolute atomic E-state index is 12.5. The summed E-state index contributed by atoms with van der Waals surface area (Å²) in [5.41, 5.74) is 2.62. The first kappa shape index (κ1) is 17.9. The van der Waals surface area contributed by atoms with Gasteiger partial charge in [-0.3, -0.25) is 4.79 Å². The lowest BCUT2D eigenvalue weighted by molar-refractivity contribution is -0.115. The SMILES string of the molecule is COc1ccc(-n2nnnc2S[C@@H](C)C(=O)Nc2ccccc2C)cc1. The second-order valence-corrected chi connectivity index (χ2v) is 6.94. The highest BCUT2D eigenvalue weighted by Crippen LogP contribution is 2.25. The topological polar surface area (TPSA) is 81.9 Å². The number of hydrogen-bond acceptors (Lipinski definition) is 6. The molecule has 1 atom stereocenters. The normalized spacial score (nSPS) is 11.8. The molecule has 7 nitrogen and oxygen atoms in total. The lowest BCUT2D eigenvalue weighted by Gasteiger charge is -2.13. The third-order valence-corrected chi connectivity index (χ3v) is 4.85. The molecule has 1 N–H and O–H groups in total. The first-order valence-corrected chi connectivity index (χ1v) is 8.92. The van der Waals surface area contributed by atoms with Gasteiger partial charge < -0.3 is 10.1 Å². The van der Waals surface area contributed by atoms with Crippen molar-refractivity contribution in [3.8, 4) is 11.4 Å². The van der Waals surface area contributed by atoms with Crippen molar-refractivity contribution in [2.75, 3.05) is 12.4 Å². The Labute approximate surface area is 155 Å². The van der Waals surface area contributed by atoms with Crippen molar-refractivity contribution < 1.29 is 9.53 Å². The van der Waals surface area contributed by atoms with Crippen LogP contribution in [0.15, 0.2) is 53.7 Å². The zero-order valence-corrected chi connectivity index (χ0v) is 15.5. The van der Waals surface area contributed by atoms with Crippen LogP contribution < -0.4 is 10.1 Å². The summed E-state index contributed by atoms with van der Waals surface area (Å²) in [5.74, 6) is 0.649. The first-order chi connectivity index (χ1) is 12.6. The molecule has 3 rings (SSSR count). The number of methoxy groups -OCH3 is 1. The minimum Gasteiger partial charge on any atom is -0.497 e. The molecular formula is C18H19N5O2S.